The van der Waals surface area contributed by atoms with Gasteiger partial charge in [-0.2, -0.15) is 0 Å². The maximum atomic E-state index is 5.97. The van der Waals surface area contributed by atoms with E-state index in [4.69, 9.17) is 21.3 Å². The topological polar surface area (TPSA) is 79.6 Å². The number of aryl methyl sites for hydroxylation is 1. The fourth-order valence-corrected chi connectivity index (χ4v) is 3.25. The Kier molecular flexibility index (Phi) is 11.4. The van der Waals surface area contributed by atoms with Gasteiger partial charge in [-0.3, -0.25) is 4.90 Å². The standard InChI is InChI=1S/C20H30ClN7O.HI/c1-2-19-26-25-16-28(19)10-8-23-20(22-7-9-27-11-13-29-14-12-27)24-15-17-3-5-18(21)6-4-17;/h3-6,16H,2,7-15H2,1H3,(H2,22,23,24);1H. The molecule has 30 heavy (non-hydrogen) atoms. The van der Waals surface area contributed by atoms with Crippen LogP contribution in [0.1, 0.15) is 18.3 Å². The van der Waals surface area contributed by atoms with Crippen molar-refractivity contribution in [1.29, 1.82) is 0 Å². The van der Waals surface area contributed by atoms with Crippen molar-refractivity contribution in [3.63, 3.8) is 0 Å². The second-order valence-electron chi connectivity index (χ2n) is 6.89. The molecule has 0 aliphatic carbocycles. The zero-order chi connectivity index (χ0) is 20.3. The maximum absolute atomic E-state index is 5.97. The van der Waals surface area contributed by atoms with E-state index in [1.807, 2.05) is 24.3 Å². The van der Waals surface area contributed by atoms with Crippen molar-refractivity contribution in [1.82, 2.24) is 30.3 Å². The lowest BCUT2D eigenvalue weighted by atomic mass is 10.2. The van der Waals surface area contributed by atoms with Crippen LogP contribution in [0.15, 0.2) is 35.6 Å². The Morgan fingerprint density at radius 2 is 1.83 bits per heavy atom. The molecule has 2 heterocycles. The fraction of sp³-hybridized carbons (Fsp3) is 0.550. The number of nitrogens with one attached hydrogen (secondary N) is 2. The van der Waals surface area contributed by atoms with Crippen molar-refractivity contribution in [2.45, 2.75) is 26.4 Å². The van der Waals surface area contributed by atoms with E-state index in [0.717, 1.165) is 81.3 Å². The summed E-state index contributed by atoms with van der Waals surface area (Å²) in [6.07, 6.45) is 2.65. The summed E-state index contributed by atoms with van der Waals surface area (Å²) in [7, 11) is 0. The van der Waals surface area contributed by atoms with Crippen LogP contribution in [0.4, 0.5) is 0 Å². The first-order valence-corrected chi connectivity index (χ1v) is 10.6. The highest BCUT2D eigenvalue weighted by Crippen LogP contribution is 2.10. The number of benzene rings is 1. The average Bonchev–Trinajstić information content (AvgIpc) is 3.21. The van der Waals surface area contributed by atoms with Gasteiger partial charge in [0, 0.05) is 50.7 Å². The van der Waals surface area contributed by atoms with Gasteiger partial charge in [0.25, 0.3) is 0 Å². The third-order valence-corrected chi connectivity index (χ3v) is 5.07. The lowest BCUT2D eigenvalue weighted by molar-refractivity contribution is 0.0389. The van der Waals surface area contributed by atoms with Gasteiger partial charge in [-0.1, -0.05) is 30.7 Å². The highest BCUT2D eigenvalue weighted by molar-refractivity contribution is 14.0. The number of rotatable bonds is 9. The Morgan fingerprint density at radius 1 is 1.13 bits per heavy atom. The first-order chi connectivity index (χ1) is 14.2. The SMILES string of the molecule is CCc1nncn1CCNC(=NCc1ccc(Cl)cc1)NCCN1CCOCC1.I. The Balaban J connectivity index is 0.00000320. The molecular weight excluding hydrogens is 517 g/mol. The lowest BCUT2D eigenvalue weighted by Gasteiger charge is -2.26. The predicted octanol–water partition coefficient (Wildman–Crippen LogP) is 2.18. The van der Waals surface area contributed by atoms with Gasteiger partial charge < -0.3 is 19.9 Å². The average molecular weight is 548 g/mol. The number of aromatic nitrogens is 3. The number of guanidine groups is 1. The smallest absolute Gasteiger partial charge is 0.191 e. The van der Waals surface area contributed by atoms with E-state index in [2.05, 4.69) is 37.2 Å². The minimum atomic E-state index is 0. The molecule has 10 heteroatoms. The molecule has 0 unspecified atom stereocenters. The largest absolute Gasteiger partial charge is 0.379 e. The van der Waals surface area contributed by atoms with Gasteiger partial charge >= 0.3 is 0 Å². The number of aliphatic imine (C=N–C) groups is 1. The van der Waals surface area contributed by atoms with Crippen molar-refractivity contribution in [3.05, 3.63) is 47.0 Å². The maximum Gasteiger partial charge on any atom is 0.191 e. The Hall–Kier alpha value is -1.43. The minimum Gasteiger partial charge on any atom is -0.379 e. The monoisotopic (exact) mass is 547 g/mol. The summed E-state index contributed by atoms with van der Waals surface area (Å²) in [6, 6.07) is 7.79. The number of hydrogen-bond donors (Lipinski definition) is 2. The molecule has 0 saturated carbocycles. The first kappa shape index (κ1) is 24.8. The third kappa shape index (κ3) is 8.37. The van der Waals surface area contributed by atoms with Crippen LogP contribution in [-0.4, -0.2) is 71.6 Å². The van der Waals surface area contributed by atoms with Gasteiger partial charge in [0.1, 0.15) is 12.2 Å². The minimum absolute atomic E-state index is 0. The fourth-order valence-electron chi connectivity index (χ4n) is 3.13. The molecule has 1 aromatic carbocycles. The van der Waals surface area contributed by atoms with Crippen LogP contribution in [-0.2, 0) is 24.2 Å². The van der Waals surface area contributed by atoms with Crippen LogP contribution in [0.5, 0.6) is 0 Å². The van der Waals surface area contributed by atoms with Crippen molar-refractivity contribution in [2.75, 3.05) is 45.9 Å². The molecule has 0 atom stereocenters. The van der Waals surface area contributed by atoms with Crippen LogP contribution < -0.4 is 10.6 Å². The summed E-state index contributed by atoms with van der Waals surface area (Å²) < 4.78 is 7.48. The van der Waals surface area contributed by atoms with Crippen molar-refractivity contribution in [3.8, 4) is 0 Å². The van der Waals surface area contributed by atoms with Crippen molar-refractivity contribution < 1.29 is 4.74 Å². The summed E-state index contributed by atoms with van der Waals surface area (Å²) in [5.74, 6) is 1.80. The van der Waals surface area contributed by atoms with E-state index in [9.17, 15) is 0 Å². The van der Waals surface area contributed by atoms with E-state index in [0.29, 0.717) is 6.54 Å². The Labute approximate surface area is 200 Å². The Morgan fingerprint density at radius 3 is 2.53 bits per heavy atom. The van der Waals surface area contributed by atoms with Gasteiger partial charge in [-0.05, 0) is 17.7 Å². The quantitative estimate of drug-likeness (QED) is 0.285. The lowest BCUT2D eigenvalue weighted by Crippen LogP contribution is -2.45. The molecule has 1 aliphatic rings. The van der Waals surface area contributed by atoms with E-state index in [1.165, 1.54) is 0 Å². The van der Waals surface area contributed by atoms with Crippen LogP contribution in [0.2, 0.25) is 5.02 Å². The summed E-state index contributed by atoms with van der Waals surface area (Å²) in [4.78, 5) is 7.14. The van der Waals surface area contributed by atoms with E-state index in [1.54, 1.807) is 6.33 Å². The normalized spacial score (nSPS) is 14.9. The van der Waals surface area contributed by atoms with Crippen LogP contribution in [0.25, 0.3) is 0 Å². The molecule has 3 rings (SSSR count). The Bertz CT molecular complexity index is 763. The van der Waals surface area contributed by atoms with Gasteiger partial charge in [0.2, 0.25) is 0 Å². The van der Waals surface area contributed by atoms with Gasteiger partial charge in [0.05, 0.1) is 19.8 Å². The highest BCUT2D eigenvalue weighted by atomic mass is 127. The molecule has 166 valence electrons. The second kappa shape index (κ2) is 13.8. The highest BCUT2D eigenvalue weighted by Gasteiger charge is 2.10. The van der Waals surface area contributed by atoms with Crippen molar-refractivity contribution in [2.24, 2.45) is 4.99 Å². The molecular formula is C20H31ClIN7O. The second-order valence-corrected chi connectivity index (χ2v) is 7.33. The van der Waals surface area contributed by atoms with Crippen LogP contribution in [0, 0.1) is 0 Å². The number of hydrogen-bond acceptors (Lipinski definition) is 5. The van der Waals surface area contributed by atoms with Gasteiger partial charge in [0.15, 0.2) is 5.96 Å². The van der Waals surface area contributed by atoms with Crippen LogP contribution in [0.3, 0.4) is 0 Å². The predicted molar refractivity (Wildman–Crippen MR) is 131 cm³/mol. The molecule has 0 spiro atoms. The molecule has 8 nitrogen and oxygen atoms in total. The zero-order valence-corrected chi connectivity index (χ0v) is 20.5. The summed E-state index contributed by atoms with van der Waals surface area (Å²) in [5, 5.41) is 15.7. The zero-order valence-electron chi connectivity index (χ0n) is 17.4. The first-order valence-electron chi connectivity index (χ1n) is 10.2. The van der Waals surface area contributed by atoms with E-state index < -0.39 is 0 Å². The molecule has 1 aromatic heterocycles. The van der Waals surface area contributed by atoms with Gasteiger partial charge in [-0.15, -0.1) is 34.2 Å². The number of morpholine rings is 1. The molecule has 2 aromatic rings. The van der Waals surface area contributed by atoms with E-state index in [-0.39, 0.29) is 24.0 Å². The summed E-state index contributed by atoms with van der Waals surface area (Å²) >= 11 is 5.97. The number of nitrogens with zero attached hydrogens (tertiary/aromatic N) is 5. The van der Waals surface area contributed by atoms with Crippen molar-refractivity contribution >= 4 is 41.5 Å². The van der Waals surface area contributed by atoms with E-state index >= 15 is 0 Å². The molecule has 0 radical (unpaired) electrons. The molecule has 2 N–H and O–H groups in total. The molecule has 0 bridgehead atoms. The summed E-state index contributed by atoms with van der Waals surface area (Å²) in [6.45, 7) is 9.62. The number of halogens is 2. The van der Waals surface area contributed by atoms with Crippen LogP contribution >= 0.6 is 35.6 Å². The molecule has 1 aliphatic heterocycles. The van der Waals surface area contributed by atoms with Gasteiger partial charge in [-0.25, -0.2) is 4.99 Å². The molecule has 1 saturated heterocycles. The molecule has 1 fully saturated rings. The molecule has 0 amide bonds. The third-order valence-electron chi connectivity index (χ3n) is 4.81. The summed E-state index contributed by atoms with van der Waals surface area (Å²) in [5.41, 5.74) is 1.12. The number of ether oxygens (including phenoxy) is 1.